The van der Waals surface area contributed by atoms with Crippen LogP contribution in [0.5, 0.6) is 0 Å². The summed E-state index contributed by atoms with van der Waals surface area (Å²) in [6, 6.07) is 9.03. The lowest BCUT2D eigenvalue weighted by molar-refractivity contribution is 0.569. The van der Waals surface area contributed by atoms with Crippen molar-refractivity contribution in [1.29, 1.82) is 0 Å². The normalized spacial score (nSPS) is 12.6. The molecule has 1 N–H and O–H groups in total. The Labute approximate surface area is 107 Å². The van der Waals surface area contributed by atoms with Crippen molar-refractivity contribution in [2.75, 3.05) is 0 Å². The van der Waals surface area contributed by atoms with Gasteiger partial charge in [-0.2, -0.15) is 0 Å². The van der Waals surface area contributed by atoms with Gasteiger partial charge in [0.15, 0.2) is 0 Å². The molecule has 2 aromatic rings. The summed E-state index contributed by atoms with van der Waals surface area (Å²) in [7, 11) is 0. The highest BCUT2D eigenvalue weighted by Crippen LogP contribution is 2.14. The van der Waals surface area contributed by atoms with Crippen molar-refractivity contribution in [3.05, 3.63) is 51.5 Å². The van der Waals surface area contributed by atoms with Gasteiger partial charge in [0.25, 0.3) is 0 Å². The Morgan fingerprint density at radius 1 is 1.24 bits per heavy atom. The molecule has 1 aromatic carbocycles. The predicted molar refractivity (Wildman–Crippen MR) is 73.3 cm³/mol. The molecule has 0 aliphatic carbocycles. The van der Waals surface area contributed by atoms with Crippen molar-refractivity contribution >= 4 is 11.3 Å². The van der Waals surface area contributed by atoms with Gasteiger partial charge in [-0.05, 0) is 26.3 Å². The molecule has 0 aliphatic rings. The van der Waals surface area contributed by atoms with Gasteiger partial charge in [0.1, 0.15) is 0 Å². The first kappa shape index (κ1) is 12.3. The van der Waals surface area contributed by atoms with Crippen molar-refractivity contribution in [2.24, 2.45) is 0 Å². The first-order valence-electron chi connectivity index (χ1n) is 5.86. The minimum absolute atomic E-state index is 0.359. The molecule has 0 aliphatic heterocycles. The highest BCUT2D eigenvalue weighted by Gasteiger charge is 2.05. The van der Waals surface area contributed by atoms with E-state index in [9.17, 15) is 0 Å². The maximum atomic E-state index is 4.45. The fraction of sp³-hybridized carbons (Fsp3) is 0.357. The number of rotatable bonds is 4. The Balaban J connectivity index is 1.93. The molecule has 1 unspecified atom stereocenters. The van der Waals surface area contributed by atoms with Crippen LogP contribution in [0.3, 0.4) is 0 Å². The quantitative estimate of drug-likeness (QED) is 0.891. The molecule has 90 valence electrons. The van der Waals surface area contributed by atoms with Crippen molar-refractivity contribution < 1.29 is 0 Å². The Morgan fingerprint density at radius 3 is 2.53 bits per heavy atom. The maximum absolute atomic E-state index is 4.45. The lowest BCUT2D eigenvalue weighted by atomic mass is 10.1. The SMILES string of the molecule is Cc1ccc(C(C)NCc2csc(C)n2)cc1. The van der Waals surface area contributed by atoms with Crippen LogP contribution in [0.25, 0.3) is 0 Å². The molecule has 3 heteroatoms. The van der Waals surface area contributed by atoms with E-state index in [2.05, 4.69) is 53.8 Å². The fourth-order valence-electron chi connectivity index (χ4n) is 1.72. The van der Waals surface area contributed by atoms with Crippen molar-refractivity contribution in [1.82, 2.24) is 10.3 Å². The average Bonchev–Trinajstić information content (AvgIpc) is 2.73. The van der Waals surface area contributed by atoms with E-state index in [0.717, 1.165) is 17.2 Å². The second kappa shape index (κ2) is 5.43. The molecule has 0 fully saturated rings. The van der Waals surface area contributed by atoms with Gasteiger partial charge >= 0.3 is 0 Å². The first-order valence-corrected chi connectivity index (χ1v) is 6.74. The number of nitrogens with one attached hydrogen (secondary N) is 1. The largest absolute Gasteiger partial charge is 0.305 e. The van der Waals surface area contributed by atoms with Crippen LogP contribution in [0.15, 0.2) is 29.6 Å². The minimum Gasteiger partial charge on any atom is -0.305 e. The summed E-state index contributed by atoms with van der Waals surface area (Å²) in [6.45, 7) is 7.17. The lowest BCUT2D eigenvalue weighted by Gasteiger charge is -2.13. The molecule has 17 heavy (non-hydrogen) atoms. The molecule has 0 bridgehead atoms. The highest BCUT2D eigenvalue weighted by atomic mass is 32.1. The van der Waals surface area contributed by atoms with Crippen molar-refractivity contribution in [3.63, 3.8) is 0 Å². The van der Waals surface area contributed by atoms with Crippen LogP contribution in [-0.4, -0.2) is 4.98 Å². The average molecular weight is 246 g/mol. The minimum atomic E-state index is 0.359. The van der Waals surface area contributed by atoms with Gasteiger partial charge in [-0.25, -0.2) is 4.98 Å². The number of aryl methyl sites for hydroxylation is 2. The zero-order valence-corrected chi connectivity index (χ0v) is 11.3. The first-order chi connectivity index (χ1) is 8.15. The Bertz CT molecular complexity index is 473. The van der Waals surface area contributed by atoms with Gasteiger partial charge in [0, 0.05) is 18.0 Å². The summed E-state index contributed by atoms with van der Waals surface area (Å²) < 4.78 is 0. The molecule has 1 atom stereocenters. The van der Waals surface area contributed by atoms with E-state index in [1.54, 1.807) is 11.3 Å². The van der Waals surface area contributed by atoms with E-state index in [1.165, 1.54) is 11.1 Å². The third-order valence-electron chi connectivity index (χ3n) is 2.83. The third-order valence-corrected chi connectivity index (χ3v) is 3.66. The summed E-state index contributed by atoms with van der Waals surface area (Å²) in [6.07, 6.45) is 0. The van der Waals surface area contributed by atoms with Gasteiger partial charge in [0.2, 0.25) is 0 Å². The summed E-state index contributed by atoms with van der Waals surface area (Å²) in [5.74, 6) is 0. The van der Waals surface area contributed by atoms with Crippen LogP contribution in [0.1, 0.15) is 34.8 Å². The van der Waals surface area contributed by atoms with Crippen molar-refractivity contribution in [2.45, 2.75) is 33.4 Å². The van der Waals surface area contributed by atoms with E-state index >= 15 is 0 Å². The third kappa shape index (κ3) is 3.38. The topological polar surface area (TPSA) is 24.9 Å². The number of nitrogens with zero attached hydrogens (tertiary/aromatic N) is 1. The predicted octanol–water partition coefficient (Wildman–Crippen LogP) is 3.61. The fourth-order valence-corrected chi connectivity index (χ4v) is 2.33. The van der Waals surface area contributed by atoms with E-state index in [-0.39, 0.29) is 0 Å². The zero-order chi connectivity index (χ0) is 12.3. The van der Waals surface area contributed by atoms with Gasteiger partial charge in [0.05, 0.1) is 10.7 Å². The van der Waals surface area contributed by atoms with E-state index in [1.807, 2.05) is 6.92 Å². The van der Waals surface area contributed by atoms with Crippen LogP contribution >= 0.6 is 11.3 Å². The van der Waals surface area contributed by atoms with Crippen LogP contribution in [-0.2, 0) is 6.54 Å². The summed E-state index contributed by atoms with van der Waals surface area (Å²) in [5, 5.41) is 6.74. The number of thiazole rings is 1. The zero-order valence-electron chi connectivity index (χ0n) is 10.5. The number of hydrogen-bond donors (Lipinski definition) is 1. The highest BCUT2D eigenvalue weighted by molar-refractivity contribution is 7.09. The van der Waals surface area contributed by atoms with Gasteiger partial charge in [-0.15, -0.1) is 11.3 Å². The molecular formula is C14H18N2S. The smallest absolute Gasteiger partial charge is 0.0897 e. The number of benzene rings is 1. The van der Waals surface area contributed by atoms with Crippen LogP contribution < -0.4 is 5.32 Å². The molecule has 0 saturated carbocycles. The van der Waals surface area contributed by atoms with Crippen LogP contribution in [0.4, 0.5) is 0 Å². The monoisotopic (exact) mass is 246 g/mol. The maximum Gasteiger partial charge on any atom is 0.0897 e. The molecule has 1 heterocycles. The van der Waals surface area contributed by atoms with Crippen LogP contribution in [0, 0.1) is 13.8 Å². The van der Waals surface area contributed by atoms with Gasteiger partial charge < -0.3 is 5.32 Å². The number of hydrogen-bond acceptors (Lipinski definition) is 3. The molecule has 0 radical (unpaired) electrons. The Hall–Kier alpha value is -1.19. The second-order valence-electron chi connectivity index (χ2n) is 4.37. The van der Waals surface area contributed by atoms with E-state index in [0.29, 0.717) is 6.04 Å². The Kier molecular flexibility index (Phi) is 3.92. The Morgan fingerprint density at radius 2 is 1.94 bits per heavy atom. The summed E-state index contributed by atoms with van der Waals surface area (Å²) >= 11 is 1.70. The summed E-state index contributed by atoms with van der Waals surface area (Å²) in [5.41, 5.74) is 3.75. The van der Waals surface area contributed by atoms with Gasteiger partial charge in [-0.1, -0.05) is 29.8 Å². The van der Waals surface area contributed by atoms with Crippen molar-refractivity contribution in [3.8, 4) is 0 Å². The molecule has 2 nitrogen and oxygen atoms in total. The van der Waals surface area contributed by atoms with Crippen LogP contribution in [0.2, 0.25) is 0 Å². The molecule has 1 aromatic heterocycles. The molecule has 0 amide bonds. The molecule has 0 saturated heterocycles. The lowest BCUT2D eigenvalue weighted by Crippen LogP contribution is -2.18. The van der Waals surface area contributed by atoms with E-state index in [4.69, 9.17) is 0 Å². The summed E-state index contributed by atoms with van der Waals surface area (Å²) in [4.78, 5) is 4.45. The second-order valence-corrected chi connectivity index (χ2v) is 5.43. The molecular weight excluding hydrogens is 228 g/mol. The standard InChI is InChI=1S/C14H18N2S/c1-10-4-6-13(7-5-10)11(2)15-8-14-9-17-12(3)16-14/h4-7,9,11,15H,8H2,1-3H3. The molecule has 0 spiro atoms. The number of aromatic nitrogens is 1. The van der Waals surface area contributed by atoms with E-state index < -0.39 is 0 Å². The van der Waals surface area contributed by atoms with Gasteiger partial charge in [-0.3, -0.25) is 0 Å². The molecule has 2 rings (SSSR count).